The molecule has 2 aromatic carbocycles. The van der Waals surface area contributed by atoms with E-state index in [-0.39, 0.29) is 29.3 Å². The van der Waals surface area contributed by atoms with Crippen LogP contribution in [0.25, 0.3) is 0 Å². The van der Waals surface area contributed by atoms with Gasteiger partial charge in [-0.2, -0.15) is 0 Å². The number of benzene rings is 2. The third kappa shape index (κ3) is 4.28. The summed E-state index contributed by atoms with van der Waals surface area (Å²) in [5.41, 5.74) is 4.36. The highest BCUT2D eigenvalue weighted by Crippen LogP contribution is 2.54. The molecule has 0 radical (unpaired) electrons. The highest BCUT2D eigenvalue weighted by atomic mass is 16.6. The first-order valence-electron chi connectivity index (χ1n) is 12.2. The second-order valence-electron chi connectivity index (χ2n) is 10.5. The van der Waals surface area contributed by atoms with E-state index in [1.165, 1.54) is 30.4 Å². The Hall–Kier alpha value is -2.39. The average molecular weight is 430 g/mol. The first kappa shape index (κ1) is 21.5. The summed E-state index contributed by atoms with van der Waals surface area (Å²) < 4.78 is 6.02. The monoisotopic (exact) mass is 429 g/mol. The molecule has 32 heavy (non-hydrogen) atoms. The molecule has 1 saturated heterocycles. The summed E-state index contributed by atoms with van der Waals surface area (Å²) >= 11 is 0. The van der Waals surface area contributed by atoms with E-state index in [0.29, 0.717) is 5.92 Å². The van der Waals surface area contributed by atoms with E-state index in [1.54, 1.807) is 5.57 Å². The first-order valence-corrected chi connectivity index (χ1v) is 12.2. The lowest BCUT2D eigenvalue weighted by molar-refractivity contribution is -0.145. The molecule has 0 bridgehead atoms. The zero-order valence-electron chi connectivity index (χ0n) is 19.4. The van der Waals surface area contributed by atoms with Gasteiger partial charge >= 0.3 is 5.97 Å². The molecule has 0 spiro atoms. The SMILES string of the molecule is C[C@@H]1CCC[C@]2(C)C[C@H]3OC(=O)[C@@H](CN(Cc4ccccc4)Cc4ccccc4)[C@H]3C=C12. The van der Waals surface area contributed by atoms with Gasteiger partial charge in [0.1, 0.15) is 6.10 Å². The van der Waals surface area contributed by atoms with Crippen LogP contribution in [0.3, 0.4) is 0 Å². The number of carbonyl (C=O) groups excluding carboxylic acids is 1. The van der Waals surface area contributed by atoms with Crippen molar-refractivity contribution in [3.63, 3.8) is 0 Å². The van der Waals surface area contributed by atoms with Crippen LogP contribution in [0, 0.1) is 23.2 Å². The molecular formula is C29H35NO2. The van der Waals surface area contributed by atoms with Crippen LogP contribution in [0.4, 0.5) is 0 Å². The largest absolute Gasteiger partial charge is 0.461 e. The van der Waals surface area contributed by atoms with Gasteiger partial charge in [0.15, 0.2) is 0 Å². The highest BCUT2D eigenvalue weighted by Gasteiger charge is 2.51. The number of ether oxygens (including phenoxy) is 1. The Balaban J connectivity index is 1.40. The fourth-order valence-electron chi connectivity index (χ4n) is 6.41. The summed E-state index contributed by atoms with van der Waals surface area (Å²) in [6.07, 6.45) is 7.28. The van der Waals surface area contributed by atoms with Gasteiger partial charge in [-0.3, -0.25) is 9.69 Å². The molecule has 1 saturated carbocycles. The third-order valence-electron chi connectivity index (χ3n) is 8.03. The van der Waals surface area contributed by atoms with Gasteiger partial charge < -0.3 is 4.74 Å². The molecule has 1 heterocycles. The van der Waals surface area contributed by atoms with E-state index in [1.807, 2.05) is 0 Å². The van der Waals surface area contributed by atoms with Crippen LogP contribution >= 0.6 is 0 Å². The minimum absolute atomic E-state index is 0.00197. The van der Waals surface area contributed by atoms with Gasteiger partial charge in [-0.1, -0.05) is 92.6 Å². The molecule has 3 nitrogen and oxygen atoms in total. The molecule has 5 rings (SSSR count). The van der Waals surface area contributed by atoms with Gasteiger partial charge in [0.05, 0.1) is 5.92 Å². The number of fused-ring (bicyclic) bond motifs is 2. The van der Waals surface area contributed by atoms with Gasteiger partial charge in [0.2, 0.25) is 0 Å². The summed E-state index contributed by atoms with van der Waals surface area (Å²) in [4.78, 5) is 15.5. The molecular weight excluding hydrogens is 394 g/mol. The number of carbonyl (C=O) groups is 1. The van der Waals surface area contributed by atoms with Crippen LogP contribution in [0.5, 0.6) is 0 Å². The smallest absolute Gasteiger partial charge is 0.311 e. The third-order valence-corrected chi connectivity index (χ3v) is 8.03. The second kappa shape index (κ2) is 8.86. The minimum atomic E-state index is -0.0846. The van der Waals surface area contributed by atoms with Crippen molar-refractivity contribution in [2.75, 3.05) is 6.54 Å². The van der Waals surface area contributed by atoms with Crippen molar-refractivity contribution in [2.45, 2.75) is 58.7 Å². The zero-order valence-corrected chi connectivity index (χ0v) is 19.4. The van der Waals surface area contributed by atoms with Gasteiger partial charge in [-0.25, -0.2) is 0 Å². The number of allylic oxidation sites excluding steroid dienone is 1. The summed E-state index contributed by atoms with van der Waals surface area (Å²) in [6, 6.07) is 21.2. The Morgan fingerprint density at radius 2 is 1.62 bits per heavy atom. The van der Waals surface area contributed by atoms with Crippen molar-refractivity contribution in [2.24, 2.45) is 23.2 Å². The standard InChI is InChI=1S/C29H35NO2/c1-21-10-9-15-29(2)17-27-24(16-26(21)29)25(28(31)32-27)20-30(18-22-11-5-3-6-12-22)19-23-13-7-4-8-14-23/h3-8,11-14,16,21,24-25,27H,9-10,15,17-20H2,1-2H3/t21-,24-,25+,27-,29-/m1/s1. The van der Waals surface area contributed by atoms with Crippen LogP contribution in [0.1, 0.15) is 50.7 Å². The Kier molecular flexibility index (Phi) is 5.94. The average Bonchev–Trinajstić information content (AvgIpc) is 3.07. The van der Waals surface area contributed by atoms with E-state index < -0.39 is 0 Å². The fraction of sp³-hybridized carbons (Fsp3) is 0.483. The van der Waals surface area contributed by atoms with Gasteiger partial charge in [-0.15, -0.1) is 0 Å². The van der Waals surface area contributed by atoms with Crippen molar-refractivity contribution in [3.05, 3.63) is 83.4 Å². The molecule has 2 aliphatic carbocycles. The van der Waals surface area contributed by atoms with Crippen LogP contribution in [-0.2, 0) is 22.6 Å². The van der Waals surface area contributed by atoms with E-state index in [0.717, 1.165) is 26.1 Å². The Bertz CT molecular complexity index is 928. The number of hydrogen-bond donors (Lipinski definition) is 0. The maximum Gasteiger partial charge on any atom is 0.311 e. The first-order chi connectivity index (χ1) is 15.5. The Morgan fingerprint density at radius 3 is 2.25 bits per heavy atom. The highest BCUT2D eigenvalue weighted by molar-refractivity contribution is 5.76. The van der Waals surface area contributed by atoms with E-state index in [2.05, 4.69) is 85.5 Å². The molecule has 0 unspecified atom stereocenters. The van der Waals surface area contributed by atoms with Crippen molar-refractivity contribution in [3.8, 4) is 0 Å². The molecule has 0 aromatic heterocycles. The van der Waals surface area contributed by atoms with Crippen LogP contribution < -0.4 is 0 Å². The minimum Gasteiger partial charge on any atom is -0.461 e. The number of nitrogens with zero attached hydrogens (tertiary/aromatic N) is 1. The second-order valence-corrected chi connectivity index (χ2v) is 10.5. The summed E-state index contributed by atoms with van der Waals surface area (Å²) in [7, 11) is 0. The Labute approximate surface area is 192 Å². The summed E-state index contributed by atoms with van der Waals surface area (Å²) in [5.74, 6) is 0.743. The molecule has 0 N–H and O–H groups in total. The van der Waals surface area contributed by atoms with E-state index in [4.69, 9.17) is 4.74 Å². The van der Waals surface area contributed by atoms with Crippen molar-refractivity contribution in [1.29, 1.82) is 0 Å². The van der Waals surface area contributed by atoms with E-state index in [9.17, 15) is 4.79 Å². The van der Waals surface area contributed by atoms with Crippen LogP contribution in [-0.4, -0.2) is 23.5 Å². The number of rotatable bonds is 6. The zero-order chi connectivity index (χ0) is 22.1. The molecule has 1 aliphatic heterocycles. The summed E-state index contributed by atoms with van der Waals surface area (Å²) in [5, 5.41) is 0. The van der Waals surface area contributed by atoms with Crippen molar-refractivity contribution >= 4 is 5.97 Å². The maximum atomic E-state index is 13.1. The lowest BCUT2D eigenvalue weighted by Crippen LogP contribution is -2.40. The van der Waals surface area contributed by atoms with Crippen LogP contribution in [0.2, 0.25) is 0 Å². The fourth-order valence-corrected chi connectivity index (χ4v) is 6.41. The molecule has 2 aromatic rings. The van der Waals surface area contributed by atoms with E-state index >= 15 is 0 Å². The summed E-state index contributed by atoms with van der Waals surface area (Å²) in [6.45, 7) is 7.16. The van der Waals surface area contributed by atoms with Crippen molar-refractivity contribution < 1.29 is 9.53 Å². The van der Waals surface area contributed by atoms with Gasteiger partial charge in [-0.05, 0) is 41.7 Å². The predicted molar refractivity (Wildman–Crippen MR) is 128 cm³/mol. The van der Waals surface area contributed by atoms with Crippen molar-refractivity contribution in [1.82, 2.24) is 4.90 Å². The predicted octanol–water partition coefficient (Wildman–Crippen LogP) is 6.00. The normalized spacial score (nSPS) is 31.6. The molecule has 5 atom stereocenters. The molecule has 3 heteroatoms. The maximum absolute atomic E-state index is 13.1. The number of hydrogen-bond acceptors (Lipinski definition) is 3. The van der Waals surface area contributed by atoms with Crippen LogP contribution in [0.15, 0.2) is 72.3 Å². The number of esters is 1. The molecule has 2 fully saturated rings. The quantitative estimate of drug-likeness (QED) is 0.416. The topological polar surface area (TPSA) is 29.5 Å². The lowest BCUT2D eigenvalue weighted by Gasteiger charge is -2.46. The Morgan fingerprint density at radius 1 is 1.00 bits per heavy atom. The van der Waals surface area contributed by atoms with Gasteiger partial charge in [0.25, 0.3) is 0 Å². The molecule has 168 valence electrons. The molecule has 3 aliphatic rings. The molecule has 0 amide bonds. The van der Waals surface area contributed by atoms with Gasteiger partial charge in [0, 0.05) is 25.6 Å². The lowest BCUT2D eigenvalue weighted by atomic mass is 9.59.